The molecule has 5 nitrogen and oxygen atoms in total. The molecule has 0 saturated carbocycles. The van der Waals surface area contributed by atoms with Gasteiger partial charge in [0.25, 0.3) is 0 Å². The molecule has 0 bridgehead atoms. The Labute approximate surface area is 214 Å². The number of aromatic nitrogens is 3. The fourth-order valence-electron chi connectivity index (χ4n) is 5.02. The summed E-state index contributed by atoms with van der Waals surface area (Å²) in [7, 11) is 3.32. The zero-order valence-corrected chi connectivity index (χ0v) is 22.0. The monoisotopic (exact) mass is 507 g/mol. The third kappa shape index (κ3) is 4.03. The van der Waals surface area contributed by atoms with E-state index in [1.807, 2.05) is 34.8 Å². The van der Waals surface area contributed by atoms with Gasteiger partial charge in [0.2, 0.25) is 0 Å². The van der Waals surface area contributed by atoms with Crippen molar-refractivity contribution >= 4 is 39.5 Å². The molecule has 5 rings (SSSR count). The lowest BCUT2D eigenvalue weighted by atomic mass is 10.1. The first-order chi connectivity index (χ1) is 16.8. The molecule has 0 aliphatic carbocycles. The number of methoxy groups -OCH3 is 2. The summed E-state index contributed by atoms with van der Waals surface area (Å²) in [5.41, 5.74) is 7.81. The summed E-state index contributed by atoms with van der Waals surface area (Å²) in [5.74, 6) is 1.49. The largest absolute Gasteiger partial charge is 0.493 e. The van der Waals surface area contributed by atoms with Gasteiger partial charge in [-0.05, 0) is 68.7 Å². The molecule has 2 aromatic carbocycles. The second-order valence-electron chi connectivity index (χ2n) is 8.78. The topological polar surface area (TPSA) is 40.7 Å². The molecule has 35 heavy (non-hydrogen) atoms. The van der Waals surface area contributed by atoms with E-state index < -0.39 is 0 Å². The van der Waals surface area contributed by atoms with Crippen molar-refractivity contribution in [1.82, 2.24) is 14.2 Å². The number of benzene rings is 2. The minimum Gasteiger partial charge on any atom is -0.493 e. The molecule has 3 aromatic heterocycles. The Morgan fingerprint density at radius 2 is 1.54 bits per heavy atom. The van der Waals surface area contributed by atoms with Crippen molar-refractivity contribution < 1.29 is 9.47 Å². The summed E-state index contributed by atoms with van der Waals surface area (Å²) >= 11 is 12.4. The van der Waals surface area contributed by atoms with E-state index in [2.05, 4.69) is 43.7 Å². The van der Waals surface area contributed by atoms with E-state index in [0.29, 0.717) is 10.0 Å². The molecule has 0 saturated heterocycles. The van der Waals surface area contributed by atoms with E-state index in [1.165, 1.54) is 27.7 Å². The number of hydrogen-bond acceptors (Lipinski definition) is 3. The van der Waals surface area contributed by atoms with Crippen molar-refractivity contribution in [3.8, 4) is 22.6 Å². The highest BCUT2D eigenvalue weighted by atomic mass is 35.5. The lowest BCUT2D eigenvalue weighted by Crippen LogP contribution is -2.05. The van der Waals surface area contributed by atoms with Crippen LogP contribution in [-0.2, 0) is 13.0 Å². The van der Waals surface area contributed by atoms with E-state index in [-0.39, 0.29) is 0 Å². The van der Waals surface area contributed by atoms with Gasteiger partial charge >= 0.3 is 0 Å². The summed E-state index contributed by atoms with van der Waals surface area (Å²) in [6, 6.07) is 14.0. The predicted octanol–water partition coefficient (Wildman–Crippen LogP) is 7.45. The highest BCUT2D eigenvalue weighted by Gasteiger charge is 2.19. The summed E-state index contributed by atoms with van der Waals surface area (Å²) in [5, 5.41) is 8.41. The molecule has 5 aromatic rings. The van der Waals surface area contributed by atoms with Crippen LogP contribution in [0.2, 0.25) is 10.0 Å². The van der Waals surface area contributed by atoms with Crippen LogP contribution in [-0.4, -0.2) is 28.4 Å². The summed E-state index contributed by atoms with van der Waals surface area (Å²) in [6.07, 6.45) is 2.93. The van der Waals surface area contributed by atoms with E-state index >= 15 is 0 Å². The van der Waals surface area contributed by atoms with Crippen molar-refractivity contribution in [2.45, 2.75) is 33.7 Å². The lowest BCUT2D eigenvalue weighted by Gasteiger charge is -2.12. The fraction of sp³-hybridized carbons (Fsp3) is 0.250. The van der Waals surface area contributed by atoms with Crippen LogP contribution in [0.15, 0.2) is 48.7 Å². The Bertz CT molecular complexity index is 1580. The fourth-order valence-corrected chi connectivity index (χ4v) is 5.32. The van der Waals surface area contributed by atoms with Crippen molar-refractivity contribution in [2.24, 2.45) is 0 Å². The van der Waals surface area contributed by atoms with Crippen molar-refractivity contribution in [2.75, 3.05) is 14.2 Å². The van der Waals surface area contributed by atoms with Crippen LogP contribution in [0.4, 0.5) is 0 Å². The molecule has 0 amide bonds. The molecular weight excluding hydrogens is 481 g/mol. The van der Waals surface area contributed by atoms with Crippen molar-refractivity contribution in [1.29, 1.82) is 0 Å². The minimum absolute atomic E-state index is 0.544. The SMILES string of the molecule is COc1ccc(CCn2c(C)c3c(C)nn4cc(-c5ccc(Cl)c(Cl)c5)cc4c3c2C)cc1OC. The number of aryl methyl sites for hydroxylation is 4. The number of ether oxygens (including phenoxy) is 2. The molecule has 0 aliphatic rings. The van der Waals surface area contributed by atoms with E-state index in [4.69, 9.17) is 37.8 Å². The maximum absolute atomic E-state index is 6.28. The van der Waals surface area contributed by atoms with Crippen LogP contribution in [0.3, 0.4) is 0 Å². The van der Waals surface area contributed by atoms with Gasteiger partial charge in [-0.1, -0.05) is 35.3 Å². The molecule has 0 radical (unpaired) electrons. The first-order valence-electron chi connectivity index (χ1n) is 11.5. The van der Waals surface area contributed by atoms with Crippen LogP contribution in [0.1, 0.15) is 22.6 Å². The molecule has 0 spiro atoms. The standard InChI is InChI=1S/C28H27Cl2N3O2/c1-16-27-17(2)32(11-10-19-6-9-25(34-4)26(12-19)35-5)18(3)28(27)24-14-21(15-33(24)31-16)20-7-8-22(29)23(30)13-20/h6-9,12-15H,10-11H2,1-5H3. The van der Waals surface area contributed by atoms with Crippen LogP contribution in [0, 0.1) is 20.8 Å². The van der Waals surface area contributed by atoms with Crippen molar-refractivity contribution in [3.05, 3.63) is 81.4 Å². The molecular formula is C28H27Cl2N3O2. The van der Waals surface area contributed by atoms with Gasteiger partial charge in [-0.2, -0.15) is 5.10 Å². The maximum atomic E-state index is 6.28. The average Bonchev–Trinajstić information content (AvgIpc) is 3.38. The van der Waals surface area contributed by atoms with Crippen LogP contribution in [0.25, 0.3) is 27.4 Å². The van der Waals surface area contributed by atoms with E-state index in [0.717, 1.165) is 46.8 Å². The van der Waals surface area contributed by atoms with Gasteiger partial charge in [0.05, 0.1) is 35.5 Å². The third-order valence-corrected chi connectivity index (χ3v) is 7.52. The quantitative estimate of drug-likeness (QED) is 0.239. The molecule has 0 fully saturated rings. The highest BCUT2D eigenvalue weighted by molar-refractivity contribution is 6.42. The van der Waals surface area contributed by atoms with E-state index in [9.17, 15) is 0 Å². The molecule has 7 heteroatoms. The molecule has 0 aliphatic heterocycles. The predicted molar refractivity (Wildman–Crippen MR) is 144 cm³/mol. The molecule has 0 atom stereocenters. The number of rotatable bonds is 6. The van der Waals surface area contributed by atoms with Crippen LogP contribution >= 0.6 is 23.2 Å². The van der Waals surface area contributed by atoms with Crippen LogP contribution in [0.5, 0.6) is 11.5 Å². The normalized spacial score (nSPS) is 11.5. The Balaban J connectivity index is 1.57. The van der Waals surface area contributed by atoms with Gasteiger partial charge in [-0.15, -0.1) is 0 Å². The van der Waals surface area contributed by atoms with Gasteiger partial charge in [0, 0.05) is 40.5 Å². The average molecular weight is 508 g/mol. The zero-order valence-electron chi connectivity index (χ0n) is 20.4. The third-order valence-electron chi connectivity index (χ3n) is 6.78. The zero-order chi connectivity index (χ0) is 24.9. The molecule has 180 valence electrons. The van der Waals surface area contributed by atoms with Gasteiger partial charge < -0.3 is 14.0 Å². The number of nitrogens with zero attached hydrogens (tertiary/aromatic N) is 3. The lowest BCUT2D eigenvalue weighted by molar-refractivity contribution is 0.354. The molecule has 3 heterocycles. The maximum Gasteiger partial charge on any atom is 0.160 e. The van der Waals surface area contributed by atoms with Gasteiger partial charge in [-0.3, -0.25) is 0 Å². The van der Waals surface area contributed by atoms with Crippen molar-refractivity contribution in [3.63, 3.8) is 0 Å². The first kappa shape index (κ1) is 23.6. The Morgan fingerprint density at radius 1 is 0.800 bits per heavy atom. The number of hydrogen-bond donors (Lipinski definition) is 0. The smallest absolute Gasteiger partial charge is 0.160 e. The van der Waals surface area contributed by atoms with Gasteiger partial charge in [-0.25, -0.2) is 4.52 Å². The van der Waals surface area contributed by atoms with Gasteiger partial charge in [0.15, 0.2) is 11.5 Å². The van der Waals surface area contributed by atoms with E-state index in [1.54, 1.807) is 14.2 Å². The molecule has 0 unspecified atom stereocenters. The summed E-state index contributed by atoms with van der Waals surface area (Å²) < 4.78 is 15.2. The summed E-state index contributed by atoms with van der Waals surface area (Å²) in [4.78, 5) is 0. The molecule has 0 N–H and O–H groups in total. The highest BCUT2D eigenvalue weighted by Crippen LogP contribution is 2.35. The first-order valence-corrected chi connectivity index (χ1v) is 12.2. The second-order valence-corrected chi connectivity index (χ2v) is 9.60. The minimum atomic E-state index is 0.544. The van der Waals surface area contributed by atoms with Gasteiger partial charge in [0.1, 0.15) is 0 Å². The number of halogens is 2. The Morgan fingerprint density at radius 3 is 2.26 bits per heavy atom. The summed E-state index contributed by atoms with van der Waals surface area (Å²) in [6.45, 7) is 7.30. The van der Waals surface area contributed by atoms with Crippen LogP contribution < -0.4 is 9.47 Å². The second kappa shape index (κ2) is 9.14. The number of fused-ring (bicyclic) bond motifs is 3. The Kier molecular flexibility index (Phi) is 6.16. The Hall–Kier alpha value is -3.15.